The summed E-state index contributed by atoms with van der Waals surface area (Å²) < 4.78 is 13.9. The molecular formula is C22H27ClFN3O. The first-order valence-corrected chi connectivity index (χ1v) is 10.5. The second-order valence-electron chi connectivity index (χ2n) is 8.33. The van der Waals surface area contributed by atoms with E-state index in [9.17, 15) is 9.50 Å². The fraction of sp³-hybridized carbons (Fsp3) is 0.545. The summed E-state index contributed by atoms with van der Waals surface area (Å²) in [5, 5.41) is 9.98. The van der Waals surface area contributed by atoms with Gasteiger partial charge in [-0.15, -0.1) is 0 Å². The van der Waals surface area contributed by atoms with Crippen LogP contribution in [0.4, 0.5) is 10.2 Å². The summed E-state index contributed by atoms with van der Waals surface area (Å²) in [4.78, 5) is 11.7. The quantitative estimate of drug-likeness (QED) is 0.770. The topological polar surface area (TPSA) is 49.2 Å². The van der Waals surface area contributed by atoms with E-state index in [4.69, 9.17) is 16.6 Å². The summed E-state index contributed by atoms with van der Waals surface area (Å²) in [6, 6.07) is 4.66. The van der Waals surface area contributed by atoms with Crippen LogP contribution in [0.2, 0.25) is 5.02 Å². The molecule has 2 heterocycles. The lowest BCUT2D eigenvalue weighted by Gasteiger charge is -2.43. The second kappa shape index (κ2) is 7.60. The van der Waals surface area contributed by atoms with Crippen molar-refractivity contribution in [3.05, 3.63) is 40.4 Å². The normalized spacial score (nSPS) is 21.5. The Hall–Kier alpha value is -1.72. The van der Waals surface area contributed by atoms with Crippen LogP contribution in [0.1, 0.15) is 50.4 Å². The van der Waals surface area contributed by atoms with E-state index in [1.54, 1.807) is 12.1 Å². The number of hydrogen-bond acceptors (Lipinski definition) is 4. The van der Waals surface area contributed by atoms with Crippen LogP contribution in [-0.2, 0) is 6.61 Å². The van der Waals surface area contributed by atoms with Gasteiger partial charge in [0, 0.05) is 18.7 Å². The Balaban J connectivity index is 1.64. The van der Waals surface area contributed by atoms with Crippen LogP contribution in [0.5, 0.6) is 0 Å². The molecule has 1 spiro atoms. The van der Waals surface area contributed by atoms with Crippen LogP contribution in [0.25, 0.3) is 11.3 Å². The number of aromatic nitrogens is 2. The van der Waals surface area contributed by atoms with E-state index >= 15 is 0 Å². The molecule has 4 rings (SSSR count). The van der Waals surface area contributed by atoms with Crippen molar-refractivity contribution in [2.24, 2.45) is 11.3 Å². The summed E-state index contributed by atoms with van der Waals surface area (Å²) in [7, 11) is 0. The van der Waals surface area contributed by atoms with Crippen LogP contribution >= 0.6 is 11.6 Å². The van der Waals surface area contributed by atoms with E-state index in [0.717, 1.165) is 37.7 Å². The Morgan fingerprint density at radius 3 is 2.64 bits per heavy atom. The molecule has 0 radical (unpaired) electrons. The Morgan fingerprint density at radius 2 is 2.00 bits per heavy atom. The van der Waals surface area contributed by atoms with Gasteiger partial charge in [-0.05, 0) is 43.6 Å². The monoisotopic (exact) mass is 403 g/mol. The van der Waals surface area contributed by atoms with E-state index in [-0.39, 0.29) is 11.6 Å². The molecule has 0 amide bonds. The van der Waals surface area contributed by atoms with Gasteiger partial charge in [0.25, 0.3) is 0 Å². The molecule has 1 N–H and O–H groups in total. The van der Waals surface area contributed by atoms with E-state index in [1.165, 1.54) is 25.3 Å². The Labute approximate surface area is 170 Å². The molecule has 2 fully saturated rings. The average Bonchev–Trinajstić information content (AvgIpc) is 3.04. The van der Waals surface area contributed by atoms with Gasteiger partial charge in [-0.1, -0.05) is 43.5 Å². The smallest absolute Gasteiger partial charge is 0.153 e. The van der Waals surface area contributed by atoms with Gasteiger partial charge < -0.3 is 10.0 Å². The lowest BCUT2D eigenvalue weighted by atomic mass is 9.71. The Bertz CT molecular complexity index is 880. The highest BCUT2D eigenvalue weighted by Gasteiger charge is 2.42. The highest BCUT2D eigenvalue weighted by molar-refractivity contribution is 6.33. The number of halogens is 2. The Kier molecular flexibility index (Phi) is 5.32. The zero-order valence-corrected chi connectivity index (χ0v) is 17.3. The van der Waals surface area contributed by atoms with Crippen molar-refractivity contribution in [2.45, 2.75) is 52.6 Å². The Morgan fingerprint density at radius 1 is 1.25 bits per heavy atom. The number of aryl methyl sites for hydroxylation is 1. The first kappa shape index (κ1) is 19.6. The van der Waals surface area contributed by atoms with Crippen molar-refractivity contribution in [1.29, 1.82) is 0 Å². The summed E-state index contributed by atoms with van der Waals surface area (Å²) in [5.74, 6) is 1.05. The molecule has 1 saturated carbocycles. The minimum atomic E-state index is -0.484. The van der Waals surface area contributed by atoms with Gasteiger partial charge in [-0.2, -0.15) is 0 Å². The van der Waals surface area contributed by atoms with Crippen LogP contribution in [-0.4, -0.2) is 28.2 Å². The number of benzene rings is 1. The van der Waals surface area contributed by atoms with Crippen molar-refractivity contribution < 1.29 is 9.50 Å². The van der Waals surface area contributed by atoms with Crippen molar-refractivity contribution in [3.8, 4) is 11.3 Å². The maximum Gasteiger partial charge on any atom is 0.153 e. The molecule has 1 aliphatic carbocycles. The highest BCUT2D eigenvalue weighted by Crippen LogP contribution is 2.50. The molecule has 1 saturated heterocycles. The summed E-state index contributed by atoms with van der Waals surface area (Å²) in [5.41, 5.74) is 2.72. The predicted octanol–water partition coefficient (Wildman–Crippen LogP) is 5.14. The largest absolute Gasteiger partial charge is 0.390 e. The van der Waals surface area contributed by atoms with Crippen LogP contribution in [0, 0.1) is 24.1 Å². The van der Waals surface area contributed by atoms with Crippen LogP contribution in [0.3, 0.4) is 0 Å². The van der Waals surface area contributed by atoms with Gasteiger partial charge in [-0.25, -0.2) is 14.4 Å². The lowest BCUT2D eigenvalue weighted by Crippen LogP contribution is -2.42. The van der Waals surface area contributed by atoms with Crippen molar-refractivity contribution >= 4 is 17.4 Å². The number of nitrogens with zero attached hydrogens (tertiary/aromatic N) is 3. The standard InChI is InChI=1S/C22H27ClFN3O/c1-14-5-4-8-22(14)9-11-27(12-10-22)21-18(13-28)26-20(15(2)25-21)16-6-3-7-17(24)19(16)23/h3,6-7,14,28H,4-5,8-13H2,1-2H3/t14-/m1/s1. The third-order valence-electron chi connectivity index (χ3n) is 6.89. The molecule has 1 aromatic carbocycles. The maximum absolute atomic E-state index is 13.9. The molecule has 6 heteroatoms. The first-order valence-electron chi connectivity index (χ1n) is 10.1. The van der Waals surface area contributed by atoms with Crippen molar-refractivity contribution in [3.63, 3.8) is 0 Å². The van der Waals surface area contributed by atoms with Gasteiger partial charge in [0.05, 0.1) is 23.0 Å². The minimum absolute atomic E-state index is 0.0340. The number of hydrogen-bond donors (Lipinski definition) is 1. The fourth-order valence-electron chi connectivity index (χ4n) is 5.06. The summed E-state index contributed by atoms with van der Waals surface area (Å²) in [6.07, 6.45) is 6.33. The molecule has 2 aromatic rings. The number of anilines is 1. The molecule has 0 unspecified atom stereocenters. The van der Waals surface area contributed by atoms with Crippen LogP contribution < -0.4 is 4.90 Å². The molecule has 2 aliphatic rings. The lowest BCUT2D eigenvalue weighted by molar-refractivity contribution is 0.161. The zero-order chi connectivity index (χ0) is 19.9. The number of aliphatic hydroxyl groups is 1. The molecule has 1 aromatic heterocycles. The zero-order valence-electron chi connectivity index (χ0n) is 16.5. The molecule has 0 bridgehead atoms. The number of aliphatic hydroxyl groups excluding tert-OH is 1. The van der Waals surface area contributed by atoms with Gasteiger partial charge in [0.15, 0.2) is 5.82 Å². The van der Waals surface area contributed by atoms with E-state index < -0.39 is 5.82 Å². The fourth-order valence-corrected chi connectivity index (χ4v) is 5.28. The number of rotatable bonds is 3. The highest BCUT2D eigenvalue weighted by atomic mass is 35.5. The summed E-state index contributed by atoms with van der Waals surface area (Å²) >= 11 is 6.15. The molecule has 1 atom stereocenters. The average molecular weight is 404 g/mol. The third-order valence-corrected chi connectivity index (χ3v) is 7.28. The third kappa shape index (κ3) is 3.29. The summed E-state index contributed by atoms with van der Waals surface area (Å²) in [6.45, 7) is 5.92. The molecule has 4 nitrogen and oxygen atoms in total. The second-order valence-corrected chi connectivity index (χ2v) is 8.71. The number of piperidine rings is 1. The molecule has 150 valence electrons. The predicted molar refractivity (Wildman–Crippen MR) is 110 cm³/mol. The van der Waals surface area contributed by atoms with Crippen LogP contribution in [0.15, 0.2) is 18.2 Å². The van der Waals surface area contributed by atoms with Gasteiger partial charge in [0.1, 0.15) is 11.5 Å². The maximum atomic E-state index is 13.9. The SMILES string of the molecule is Cc1nc(N2CCC3(CCC[C@H]3C)CC2)c(CO)nc1-c1cccc(F)c1Cl. The minimum Gasteiger partial charge on any atom is -0.390 e. The molecular weight excluding hydrogens is 377 g/mol. The van der Waals surface area contributed by atoms with E-state index in [2.05, 4.69) is 16.8 Å². The van der Waals surface area contributed by atoms with Crippen molar-refractivity contribution in [1.82, 2.24) is 9.97 Å². The first-order chi connectivity index (χ1) is 13.4. The van der Waals surface area contributed by atoms with Gasteiger partial charge >= 0.3 is 0 Å². The molecule has 28 heavy (non-hydrogen) atoms. The molecule has 1 aliphatic heterocycles. The van der Waals surface area contributed by atoms with E-state index in [1.807, 2.05) is 6.92 Å². The van der Waals surface area contributed by atoms with Crippen molar-refractivity contribution in [2.75, 3.05) is 18.0 Å². The van der Waals surface area contributed by atoms with E-state index in [0.29, 0.717) is 28.1 Å². The van der Waals surface area contributed by atoms with Gasteiger partial charge in [0.2, 0.25) is 0 Å². The van der Waals surface area contributed by atoms with Gasteiger partial charge in [-0.3, -0.25) is 0 Å².